The van der Waals surface area contributed by atoms with Crippen LogP contribution in [0.15, 0.2) is 29.2 Å². The third-order valence-electron chi connectivity index (χ3n) is 4.06. The molecular formula is C19H29FN2O5S. The first-order valence-corrected chi connectivity index (χ1v) is 10.6. The number of esters is 1. The maximum atomic E-state index is 12.9. The summed E-state index contributed by atoms with van der Waals surface area (Å²) >= 11 is 0. The Hall–Kier alpha value is -2.00. The first-order chi connectivity index (χ1) is 13.0. The molecule has 0 saturated carbocycles. The van der Waals surface area contributed by atoms with Crippen molar-refractivity contribution in [2.75, 3.05) is 20.2 Å². The van der Waals surface area contributed by atoms with Gasteiger partial charge in [-0.05, 0) is 43.5 Å². The van der Waals surface area contributed by atoms with Crippen molar-refractivity contribution in [1.82, 2.24) is 9.62 Å². The SMILES string of the molecule is CC(C)CCCC(C)NC(=O)COC(=O)CN(C)S(=O)(=O)c1ccc(F)cc1. The van der Waals surface area contributed by atoms with E-state index in [0.717, 1.165) is 47.8 Å². The minimum atomic E-state index is -3.96. The number of carbonyl (C=O) groups is 2. The van der Waals surface area contributed by atoms with Crippen LogP contribution in [-0.4, -0.2) is 50.8 Å². The molecule has 1 N–H and O–H groups in total. The van der Waals surface area contributed by atoms with Crippen LogP contribution in [0.4, 0.5) is 4.39 Å². The normalized spacial score (nSPS) is 12.8. The largest absolute Gasteiger partial charge is 0.455 e. The van der Waals surface area contributed by atoms with Crippen molar-refractivity contribution in [3.8, 4) is 0 Å². The van der Waals surface area contributed by atoms with Crippen molar-refractivity contribution in [1.29, 1.82) is 0 Å². The van der Waals surface area contributed by atoms with Crippen LogP contribution in [0, 0.1) is 11.7 Å². The van der Waals surface area contributed by atoms with E-state index < -0.39 is 40.9 Å². The fourth-order valence-electron chi connectivity index (χ4n) is 2.47. The molecule has 158 valence electrons. The zero-order valence-corrected chi connectivity index (χ0v) is 17.6. The molecule has 7 nitrogen and oxygen atoms in total. The zero-order valence-electron chi connectivity index (χ0n) is 16.8. The molecule has 1 aromatic carbocycles. The summed E-state index contributed by atoms with van der Waals surface area (Å²) in [6, 6.07) is 4.23. The number of halogens is 1. The molecule has 0 radical (unpaired) electrons. The van der Waals surface area contributed by atoms with Crippen molar-refractivity contribution < 1.29 is 27.1 Å². The molecule has 0 aromatic heterocycles. The quantitative estimate of drug-likeness (QED) is 0.559. The second kappa shape index (κ2) is 11.1. The van der Waals surface area contributed by atoms with Crippen LogP contribution in [-0.2, 0) is 24.3 Å². The standard InChI is InChI=1S/C19H29FN2O5S/c1-14(2)6-5-7-15(3)21-18(23)13-27-19(24)12-22(4)28(25,26)17-10-8-16(20)9-11-17/h8-11,14-15H,5-7,12-13H2,1-4H3,(H,21,23). The Morgan fingerprint density at radius 3 is 2.32 bits per heavy atom. The van der Waals surface area contributed by atoms with Gasteiger partial charge in [-0.3, -0.25) is 9.59 Å². The number of hydrogen-bond acceptors (Lipinski definition) is 5. The minimum absolute atomic E-state index is 0.0357. The third kappa shape index (κ3) is 8.35. The number of amides is 1. The highest BCUT2D eigenvalue weighted by molar-refractivity contribution is 7.89. The third-order valence-corrected chi connectivity index (χ3v) is 5.88. The van der Waals surface area contributed by atoms with E-state index in [2.05, 4.69) is 19.2 Å². The highest BCUT2D eigenvalue weighted by atomic mass is 32.2. The van der Waals surface area contributed by atoms with E-state index in [0.29, 0.717) is 5.92 Å². The predicted octanol–water partition coefficient (Wildman–Crippen LogP) is 2.32. The topological polar surface area (TPSA) is 92.8 Å². The van der Waals surface area contributed by atoms with Crippen molar-refractivity contribution in [2.45, 2.75) is 51.0 Å². The molecule has 0 bridgehead atoms. The highest BCUT2D eigenvalue weighted by Gasteiger charge is 2.24. The van der Waals surface area contributed by atoms with Crippen LogP contribution in [0.25, 0.3) is 0 Å². The van der Waals surface area contributed by atoms with Gasteiger partial charge in [0, 0.05) is 13.1 Å². The molecule has 0 aliphatic carbocycles. The van der Waals surface area contributed by atoms with Gasteiger partial charge in [-0.2, -0.15) is 4.31 Å². The fraction of sp³-hybridized carbons (Fsp3) is 0.579. The summed E-state index contributed by atoms with van der Waals surface area (Å²) in [5, 5.41) is 2.74. The maximum absolute atomic E-state index is 12.9. The number of likely N-dealkylation sites (N-methyl/N-ethyl adjacent to an activating group) is 1. The Bertz CT molecular complexity index is 750. The molecule has 1 rings (SSSR count). The van der Waals surface area contributed by atoms with Crippen molar-refractivity contribution >= 4 is 21.9 Å². The van der Waals surface area contributed by atoms with Gasteiger partial charge in [0.25, 0.3) is 5.91 Å². The van der Waals surface area contributed by atoms with E-state index >= 15 is 0 Å². The molecule has 1 amide bonds. The summed E-state index contributed by atoms with van der Waals surface area (Å²) < 4.78 is 43.2. The molecule has 28 heavy (non-hydrogen) atoms. The Balaban J connectivity index is 2.42. The first-order valence-electron chi connectivity index (χ1n) is 9.19. The number of carbonyl (C=O) groups excluding carboxylic acids is 2. The van der Waals surface area contributed by atoms with Crippen LogP contribution in [0.2, 0.25) is 0 Å². The van der Waals surface area contributed by atoms with Gasteiger partial charge < -0.3 is 10.1 Å². The van der Waals surface area contributed by atoms with Crippen LogP contribution in [0.3, 0.4) is 0 Å². The average molecular weight is 417 g/mol. The molecule has 1 aromatic rings. The molecule has 0 aliphatic heterocycles. The van der Waals surface area contributed by atoms with E-state index in [1.807, 2.05) is 6.92 Å². The number of nitrogens with zero attached hydrogens (tertiary/aromatic N) is 1. The maximum Gasteiger partial charge on any atom is 0.321 e. The molecule has 1 atom stereocenters. The fourth-order valence-corrected chi connectivity index (χ4v) is 3.58. The van der Waals surface area contributed by atoms with E-state index in [4.69, 9.17) is 4.74 Å². The number of sulfonamides is 1. The molecule has 9 heteroatoms. The number of ether oxygens (including phenoxy) is 1. The van der Waals surface area contributed by atoms with Gasteiger partial charge in [0.1, 0.15) is 12.4 Å². The molecule has 0 saturated heterocycles. The van der Waals surface area contributed by atoms with Gasteiger partial charge in [0.15, 0.2) is 6.61 Å². The second-order valence-corrected chi connectivity index (χ2v) is 9.21. The number of hydrogen-bond donors (Lipinski definition) is 1. The zero-order chi connectivity index (χ0) is 21.3. The summed E-state index contributed by atoms with van der Waals surface area (Å²) in [6.45, 7) is 5.11. The van der Waals surface area contributed by atoms with E-state index in [1.54, 1.807) is 0 Å². The van der Waals surface area contributed by atoms with E-state index in [1.165, 1.54) is 7.05 Å². The summed E-state index contributed by atoms with van der Waals surface area (Å²) in [5.74, 6) is -1.25. The van der Waals surface area contributed by atoms with Gasteiger partial charge in [0.05, 0.1) is 4.90 Å². The summed E-state index contributed by atoms with van der Waals surface area (Å²) in [4.78, 5) is 23.5. The summed E-state index contributed by atoms with van der Waals surface area (Å²) in [6.07, 6.45) is 2.89. The molecule has 0 aliphatic rings. The lowest BCUT2D eigenvalue weighted by atomic mass is 10.0. The van der Waals surface area contributed by atoms with Crippen molar-refractivity contribution in [2.24, 2.45) is 5.92 Å². The summed E-state index contributed by atoms with van der Waals surface area (Å²) in [7, 11) is -2.76. The number of rotatable bonds is 11. The first kappa shape index (κ1) is 24.0. The van der Waals surface area contributed by atoms with Crippen LogP contribution >= 0.6 is 0 Å². The van der Waals surface area contributed by atoms with Crippen LogP contribution < -0.4 is 5.32 Å². The van der Waals surface area contributed by atoms with Gasteiger partial charge in [-0.25, -0.2) is 12.8 Å². The van der Waals surface area contributed by atoms with E-state index in [9.17, 15) is 22.4 Å². The monoisotopic (exact) mass is 416 g/mol. The molecule has 0 fully saturated rings. The van der Waals surface area contributed by atoms with Gasteiger partial charge in [-0.1, -0.05) is 26.7 Å². The summed E-state index contributed by atoms with van der Waals surface area (Å²) in [5.41, 5.74) is 0. The second-order valence-electron chi connectivity index (χ2n) is 7.17. The molecular weight excluding hydrogens is 387 g/mol. The molecule has 1 unspecified atom stereocenters. The van der Waals surface area contributed by atoms with Crippen molar-refractivity contribution in [3.63, 3.8) is 0 Å². The molecule has 0 spiro atoms. The lowest BCUT2D eigenvalue weighted by Gasteiger charge is -2.17. The highest BCUT2D eigenvalue weighted by Crippen LogP contribution is 2.14. The smallest absolute Gasteiger partial charge is 0.321 e. The number of benzene rings is 1. The molecule has 0 heterocycles. The number of nitrogens with one attached hydrogen (secondary N) is 1. The van der Waals surface area contributed by atoms with Gasteiger partial charge in [-0.15, -0.1) is 0 Å². The lowest BCUT2D eigenvalue weighted by Crippen LogP contribution is -2.38. The lowest BCUT2D eigenvalue weighted by molar-refractivity contribution is -0.148. The average Bonchev–Trinajstić information content (AvgIpc) is 2.60. The Morgan fingerprint density at radius 1 is 1.14 bits per heavy atom. The Kier molecular flexibility index (Phi) is 9.54. The Morgan fingerprint density at radius 2 is 1.75 bits per heavy atom. The predicted molar refractivity (Wildman–Crippen MR) is 103 cm³/mol. The van der Waals surface area contributed by atoms with Gasteiger partial charge >= 0.3 is 5.97 Å². The Labute approximate surface area is 166 Å². The van der Waals surface area contributed by atoms with Gasteiger partial charge in [0.2, 0.25) is 10.0 Å². The van der Waals surface area contributed by atoms with E-state index in [-0.39, 0.29) is 10.9 Å². The van der Waals surface area contributed by atoms with Crippen LogP contribution in [0.5, 0.6) is 0 Å². The minimum Gasteiger partial charge on any atom is -0.455 e. The van der Waals surface area contributed by atoms with Crippen molar-refractivity contribution in [3.05, 3.63) is 30.1 Å². The van der Waals surface area contributed by atoms with Crippen LogP contribution in [0.1, 0.15) is 40.0 Å².